The quantitative estimate of drug-likeness (QED) is 0.736. The van der Waals surface area contributed by atoms with Crippen molar-refractivity contribution in [3.63, 3.8) is 0 Å². The largest absolute Gasteiger partial charge is 0.327 e. The maximum atomic E-state index is 6.09. The molecule has 2 atom stereocenters. The summed E-state index contributed by atoms with van der Waals surface area (Å²) < 4.78 is 1.97. The molecule has 1 aromatic heterocycles. The van der Waals surface area contributed by atoms with Crippen molar-refractivity contribution < 1.29 is 0 Å². The van der Waals surface area contributed by atoms with Gasteiger partial charge in [-0.05, 0) is 32.3 Å². The number of aryl methyl sites for hydroxylation is 1. The van der Waals surface area contributed by atoms with Gasteiger partial charge in [-0.25, -0.2) is 0 Å². The fourth-order valence-electron chi connectivity index (χ4n) is 2.42. The van der Waals surface area contributed by atoms with Crippen LogP contribution in [0.5, 0.6) is 0 Å². The topological polar surface area (TPSA) is 43.8 Å². The molecule has 2 rings (SSSR count). The van der Waals surface area contributed by atoms with Gasteiger partial charge >= 0.3 is 0 Å². The Hall–Kier alpha value is -0.830. The molecule has 3 heteroatoms. The highest BCUT2D eigenvalue weighted by molar-refractivity contribution is 5.28. The summed E-state index contributed by atoms with van der Waals surface area (Å²) in [4.78, 5) is 0. The fraction of sp³-hybridized carbons (Fsp3) is 0.727. The number of hydrogen-bond donors (Lipinski definition) is 1. The first kappa shape index (κ1) is 9.71. The van der Waals surface area contributed by atoms with Crippen LogP contribution in [0.4, 0.5) is 0 Å². The number of hydrogen-bond acceptors (Lipinski definition) is 2. The molecule has 0 spiro atoms. The zero-order valence-corrected chi connectivity index (χ0v) is 9.25. The molecule has 2 N–H and O–H groups in total. The van der Waals surface area contributed by atoms with Crippen molar-refractivity contribution in [3.8, 4) is 0 Å². The van der Waals surface area contributed by atoms with Gasteiger partial charge in [-0.2, -0.15) is 5.10 Å². The Bertz CT molecular complexity index is 341. The molecule has 3 nitrogen and oxygen atoms in total. The molecular formula is C11H19N3. The molecule has 1 heterocycles. The summed E-state index contributed by atoms with van der Waals surface area (Å²) in [5.74, 6) is 0.495. The Kier molecular flexibility index (Phi) is 2.35. The van der Waals surface area contributed by atoms with E-state index in [1.165, 1.54) is 29.8 Å². The van der Waals surface area contributed by atoms with E-state index in [9.17, 15) is 0 Å². The Morgan fingerprint density at radius 3 is 2.50 bits per heavy atom. The number of nitrogens with zero attached hydrogens (tertiary/aromatic N) is 2. The van der Waals surface area contributed by atoms with E-state index >= 15 is 0 Å². The van der Waals surface area contributed by atoms with Gasteiger partial charge in [-0.3, -0.25) is 4.68 Å². The minimum Gasteiger partial charge on any atom is -0.327 e. The van der Waals surface area contributed by atoms with Gasteiger partial charge in [0.05, 0.1) is 5.69 Å². The molecule has 0 bridgehead atoms. The molecule has 1 fully saturated rings. The first-order valence-electron chi connectivity index (χ1n) is 5.37. The normalized spacial score (nSPS) is 27.1. The molecule has 0 radical (unpaired) electrons. The van der Waals surface area contributed by atoms with E-state index in [2.05, 4.69) is 18.9 Å². The summed E-state index contributed by atoms with van der Waals surface area (Å²) in [5, 5.41) is 4.58. The molecule has 1 aliphatic carbocycles. The van der Waals surface area contributed by atoms with E-state index in [1.807, 2.05) is 11.7 Å². The Morgan fingerprint density at radius 1 is 1.36 bits per heavy atom. The highest BCUT2D eigenvalue weighted by Crippen LogP contribution is 2.34. The molecule has 1 saturated carbocycles. The third-order valence-corrected chi connectivity index (χ3v) is 3.59. The summed E-state index contributed by atoms with van der Waals surface area (Å²) in [6.07, 6.45) is 3.61. The lowest BCUT2D eigenvalue weighted by Crippen LogP contribution is -2.23. The van der Waals surface area contributed by atoms with Crippen LogP contribution in [0.3, 0.4) is 0 Å². The van der Waals surface area contributed by atoms with Crippen molar-refractivity contribution in [2.24, 2.45) is 12.8 Å². The van der Waals surface area contributed by atoms with Crippen molar-refractivity contribution in [2.75, 3.05) is 0 Å². The summed E-state index contributed by atoms with van der Waals surface area (Å²) in [6.45, 7) is 4.27. The molecule has 0 aromatic carbocycles. The average Bonchev–Trinajstić information content (AvgIpc) is 2.66. The lowest BCUT2D eigenvalue weighted by molar-refractivity contribution is 0.581. The van der Waals surface area contributed by atoms with Gasteiger partial charge < -0.3 is 5.73 Å². The second-order valence-electron chi connectivity index (χ2n) is 4.42. The van der Waals surface area contributed by atoms with Crippen LogP contribution in [0.25, 0.3) is 0 Å². The molecule has 14 heavy (non-hydrogen) atoms. The maximum Gasteiger partial charge on any atom is 0.0702 e. The molecule has 1 aliphatic rings. The monoisotopic (exact) mass is 193 g/mol. The van der Waals surface area contributed by atoms with Crippen LogP contribution in [0, 0.1) is 13.8 Å². The fourth-order valence-corrected chi connectivity index (χ4v) is 2.42. The van der Waals surface area contributed by atoms with E-state index in [0.29, 0.717) is 12.0 Å². The number of aromatic nitrogens is 2. The predicted octanol–water partition coefficient (Wildman–Crippen LogP) is 1.63. The molecule has 0 amide bonds. The predicted molar refractivity (Wildman–Crippen MR) is 57.2 cm³/mol. The summed E-state index contributed by atoms with van der Waals surface area (Å²) in [6, 6.07) is 0.322. The number of rotatable bonds is 1. The molecule has 2 unspecified atom stereocenters. The molecule has 0 saturated heterocycles. The van der Waals surface area contributed by atoms with Crippen molar-refractivity contribution in [2.45, 2.75) is 45.1 Å². The van der Waals surface area contributed by atoms with Gasteiger partial charge in [0.1, 0.15) is 0 Å². The van der Waals surface area contributed by atoms with E-state index in [-0.39, 0.29) is 0 Å². The van der Waals surface area contributed by atoms with Crippen LogP contribution in [0.15, 0.2) is 0 Å². The second-order valence-corrected chi connectivity index (χ2v) is 4.42. The first-order chi connectivity index (χ1) is 6.61. The van der Waals surface area contributed by atoms with Crippen LogP contribution < -0.4 is 5.73 Å². The zero-order chi connectivity index (χ0) is 10.3. The van der Waals surface area contributed by atoms with Crippen molar-refractivity contribution in [1.29, 1.82) is 0 Å². The Labute approximate surface area is 85.3 Å². The third kappa shape index (κ3) is 1.36. The van der Waals surface area contributed by atoms with Crippen LogP contribution in [0.1, 0.15) is 42.1 Å². The van der Waals surface area contributed by atoms with Crippen molar-refractivity contribution >= 4 is 0 Å². The second kappa shape index (κ2) is 3.39. The van der Waals surface area contributed by atoms with Gasteiger partial charge in [0.25, 0.3) is 0 Å². The SMILES string of the molecule is Cc1c(C2CCCC2N)nn(C)c1C. The van der Waals surface area contributed by atoms with E-state index in [0.717, 1.165) is 6.42 Å². The Balaban J connectivity index is 2.36. The summed E-state index contributed by atoms with van der Waals surface area (Å²) >= 11 is 0. The smallest absolute Gasteiger partial charge is 0.0702 e. The van der Waals surface area contributed by atoms with Crippen LogP contribution >= 0.6 is 0 Å². The van der Waals surface area contributed by atoms with E-state index in [4.69, 9.17) is 5.73 Å². The van der Waals surface area contributed by atoms with Crippen LogP contribution in [0.2, 0.25) is 0 Å². The highest BCUT2D eigenvalue weighted by Gasteiger charge is 2.29. The third-order valence-electron chi connectivity index (χ3n) is 3.59. The van der Waals surface area contributed by atoms with Gasteiger partial charge in [0, 0.05) is 24.7 Å². The van der Waals surface area contributed by atoms with Gasteiger partial charge in [0.15, 0.2) is 0 Å². The van der Waals surface area contributed by atoms with E-state index < -0.39 is 0 Å². The molecule has 1 aromatic rings. The maximum absolute atomic E-state index is 6.09. The van der Waals surface area contributed by atoms with E-state index in [1.54, 1.807) is 0 Å². The minimum atomic E-state index is 0.322. The molecule has 0 aliphatic heterocycles. The molecular weight excluding hydrogens is 174 g/mol. The van der Waals surface area contributed by atoms with Crippen molar-refractivity contribution in [3.05, 3.63) is 17.0 Å². The van der Waals surface area contributed by atoms with Crippen LogP contribution in [-0.2, 0) is 7.05 Å². The van der Waals surface area contributed by atoms with Gasteiger partial charge in [-0.15, -0.1) is 0 Å². The zero-order valence-electron chi connectivity index (χ0n) is 9.25. The van der Waals surface area contributed by atoms with Gasteiger partial charge in [0.2, 0.25) is 0 Å². The van der Waals surface area contributed by atoms with Gasteiger partial charge in [-0.1, -0.05) is 6.42 Å². The lowest BCUT2D eigenvalue weighted by atomic mass is 9.97. The summed E-state index contributed by atoms with van der Waals surface area (Å²) in [7, 11) is 2.01. The van der Waals surface area contributed by atoms with Crippen molar-refractivity contribution in [1.82, 2.24) is 9.78 Å². The first-order valence-corrected chi connectivity index (χ1v) is 5.37. The Morgan fingerprint density at radius 2 is 2.07 bits per heavy atom. The highest BCUT2D eigenvalue weighted by atomic mass is 15.3. The van der Waals surface area contributed by atoms with Crippen LogP contribution in [-0.4, -0.2) is 15.8 Å². The number of nitrogens with two attached hydrogens (primary N) is 1. The standard InChI is InChI=1S/C11H19N3/c1-7-8(2)14(3)13-11(7)9-5-4-6-10(9)12/h9-10H,4-6,12H2,1-3H3. The summed E-state index contributed by atoms with van der Waals surface area (Å²) in [5.41, 5.74) is 9.91. The minimum absolute atomic E-state index is 0.322. The molecule has 78 valence electrons. The lowest BCUT2D eigenvalue weighted by Gasteiger charge is -2.13. The average molecular weight is 193 g/mol.